The number of nitrogens with zero attached hydrogens (tertiary/aromatic N) is 2. The molecule has 1 aromatic heterocycles. The van der Waals surface area contributed by atoms with Gasteiger partial charge in [0.1, 0.15) is 30.3 Å². The maximum absolute atomic E-state index is 13.5. The topological polar surface area (TPSA) is 105 Å². The highest BCUT2D eigenvalue weighted by molar-refractivity contribution is 7.90. The first kappa shape index (κ1) is 31.1. The Morgan fingerprint density at radius 2 is 1.70 bits per heavy atom. The van der Waals surface area contributed by atoms with Crippen molar-refractivity contribution in [2.45, 2.75) is 18.9 Å². The zero-order chi connectivity index (χ0) is 30.9. The molecule has 0 radical (unpaired) electrons. The van der Waals surface area contributed by atoms with Crippen molar-refractivity contribution in [3.8, 4) is 5.75 Å². The molecule has 0 saturated carbocycles. The molecule has 1 heterocycles. The average Bonchev–Trinajstić information content (AvgIpc) is 3.00. The number of fused-ring (bicyclic) bond motifs is 1. The Morgan fingerprint density at radius 1 is 0.886 bits per heavy atom. The van der Waals surface area contributed by atoms with E-state index < -0.39 is 9.84 Å². The van der Waals surface area contributed by atoms with Crippen molar-refractivity contribution >= 4 is 61.2 Å². The van der Waals surface area contributed by atoms with Crippen molar-refractivity contribution in [1.82, 2.24) is 20.6 Å². The average molecular weight is 650 g/mol. The van der Waals surface area contributed by atoms with Crippen LogP contribution in [0.4, 0.5) is 15.9 Å². The van der Waals surface area contributed by atoms with E-state index in [2.05, 4.69) is 25.9 Å². The van der Waals surface area contributed by atoms with E-state index in [1.54, 1.807) is 36.4 Å². The summed E-state index contributed by atoms with van der Waals surface area (Å²) in [7, 11) is -3.27. The summed E-state index contributed by atoms with van der Waals surface area (Å²) >= 11 is 11.8. The maximum atomic E-state index is 13.5. The number of benzene rings is 4. The van der Waals surface area contributed by atoms with Gasteiger partial charge in [0.05, 0.1) is 22.0 Å². The molecule has 3 N–H and O–H groups in total. The smallest absolute Gasteiger partial charge is 0.166 e. The van der Waals surface area contributed by atoms with Gasteiger partial charge in [0.15, 0.2) is 14.9 Å². The molecule has 8 nitrogen and oxygen atoms in total. The minimum absolute atomic E-state index is 0.00800. The van der Waals surface area contributed by atoms with Crippen molar-refractivity contribution in [2.75, 3.05) is 17.6 Å². The highest BCUT2D eigenvalue weighted by Crippen LogP contribution is 2.31. The Hall–Kier alpha value is -4.32. The van der Waals surface area contributed by atoms with Crippen LogP contribution in [0.5, 0.6) is 5.75 Å². The van der Waals surface area contributed by atoms with Gasteiger partial charge in [-0.3, -0.25) is 0 Å². The van der Waals surface area contributed by atoms with Gasteiger partial charge in [-0.05, 0) is 71.4 Å². The lowest BCUT2D eigenvalue weighted by Gasteiger charge is -2.13. The predicted molar refractivity (Wildman–Crippen MR) is 176 cm³/mol. The van der Waals surface area contributed by atoms with E-state index >= 15 is 0 Å². The number of nitrogens with one attached hydrogen (secondary N) is 3. The van der Waals surface area contributed by atoms with Crippen LogP contribution in [0.2, 0.25) is 5.02 Å². The standard InChI is InChI=1S/C32H29ClFN5O3S2/c33-28-17-26(10-12-30(28)42-19-24-7-4-8-25(34)15-24)39-31-27-16-23(9-11-29(27)37-21-38-31)18-36-32(43)35-13-14-44(40,41)20-22-5-2-1-3-6-22/h1-12,15-17,21H,13-14,18-20H2,(H2,35,36,43)(H,37,38,39). The lowest BCUT2D eigenvalue weighted by Crippen LogP contribution is -2.37. The second kappa shape index (κ2) is 14.4. The fraction of sp³-hybridized carbons (Fsp3) is 0.156. The van der Waals surface area contributed by atoms with Gasteiger partial charge in [0.25, 0.3) is 0 Å². The second-order valence-corrected chi connectivity index (χ2v) is 12.9. The van der Waals surface area contributed by atoms with Crippen LogP contribution in [0, 0.1) is 5.82 Å². The monoisotopic (exact) mass is 649 g/mol. The van der Waals surface area contributed by atoms with Crippen LogP contribution < -0.4 is 20.7 Å². The van der Waals surface area contributed by atoms with Crippen LogP contribution in [-0.2, 0) is 28.7 Å². The van der Waals surface area contributed by atoms with Crippen LogP contribution in [0.25, 0.3) is 10.9 Å². The molecule has 0 fully saturated rings. The first-order valence-electron chi connectivity index (χ1n) is 13.7. The summed E-state index contributed by atoms with van der Waals surface area (Å²) in [5, 5.41) is 10.9. The van der Waals surface area contributed by atoms with Crippen LogP contribution in [0.1, 0.15) is 16.7 Å². The number of sulfone groups is 1. The molecule has 0 atom stereocenters. The van der Waals surface area contributed by atoms with E-state index in [4.69, 9.17) is 28.6 Å². The number of aromatic nitrogens is 2. The third-order valence-electron chi connectivity index (χ3n) is 6.56. The van der Waals surface area contributed by atoms with Gasteiger partial charge in [0, 0.05) is 24.2 Å². The van der Waals surface area contributed by atoms with Crippen molar-refractivity contribution in [3.63, 3.8) is 0 Å². The maximum Gasteiger partial charge on any atom is 0.166 e. The summed E-state index contributed by atoms with van der Waals surface area (Å²) in [5.74, 6) is 0.698. The Bertz CT molecular complexity index is 1880. The summed E-state index contributed by atoms with van der Waals surface area (Å²) in [5.41, 5.74) is 3.83. The molecule has 12 heteroatoms. The van der Waals surface area contributed by atoms with Crippen LogP contribution in [0.3, 0.4) is 0 Å². The third-order valence-corrected chi connectivity index (χ3v) is 8.74. The third kappa shape index (κ3) is 8.85. The normalized spacial score (nSPS) is 11.2. The molecule has 4 aromatic carbocycles. The Morgan fingerprint density at radius 3 is 2.50 bits per heavy atom. The van der Waals surface area contributed by atoms with Crippen molar-refractivity contribution in [1.29, 1.82) is 0 Å². The number of halogens is 2. The van der Waals surface area contributed by atoms with Crippen LogP contribution >= 0.6 is 23.8 Å². The molecule has 0 bridgehead atoms. The van der Waals surface area contributed by atoms with Crippen LogP contribution in [-0.4, -0.2) is 35.8 Å². The van der Waals surface area contributed by atoms with E-state index in [-0.39, 0.29) is 30.5 Å². The summed E-state index contributed by atoms with van der Waals surface area (Å²) < 4.78 is 44.1. The molecule has 0 unspecified atom stereocenters. The first-order chi connectivity index (χ1) is 21.2. The molecule has 5 rings (SSSR count). The quantitative estimate of drug-likeness (QED) is 0.134. The fourth-order valence-corrected chi connectivity index (χ4v) is 6.07. The van der Waals surface area contributed by atoms with Crippen LogP contribution in [0.15, 0.2) is 97.3 Å². The van der Waals surface area contributed by atoms with Gasteiger partial charge in [-0.2, -0.15) is 0 Å². The van der Waals surface area contributed by atoms with Gasteiger partial charge in [-0.15, -0.1) is 0 Å². The molecule has 0 spiro atoms. The molecule has 0 saturated heterocycles. The zero-order valence-corrected chi connectivity index (χ0v) is 25.9. The molecular formula is C32H29ClFN5O3S2. The molecule has 5 aromatic rings. The molecule has 44 heavy (non-hydrogen) atoms. The summed E-state index contributed by atoms with van der Waals surface area (Å²) in [6, 6.07) is 26.4. The number of thiocarbonyl (C=S) groups is 1. The molecule has 0 amide bonds. The largest absolute Gasteiger partial charge is 0.487 e. The predicted octanol–water partition coefficient (Wildman–Crippen LogP) is 6.32. The zero-order valence-electron chi connectivity index (χ0n) is 23.5. The van der Waals surface area contributed by atoms with Gasteiger partial charge in [-0.1, -0.05) is 60.1 Å². The highest BCUT2D eigenvalue weighted by atomic mass is 35.5. The van der Waals surface area contributed by atoms with Gasteiger partial charge in [0.2, 0.25) is 0 Å². The highest BCUT2D eigenvalue weighted by Gasteiger charge is 2.12. The van der Waals surface area contributed by atoms with E-state index in [9.17, 15) is 12.8 Å². The van der Waals surface area contributed by atoms with Crippen molar-refractivity contribution in [3.05, 3.63) is 125 Å². The second-order valence-electron chi connectivity index (χ2n) is 9.95. The fourth-order valence-electron chi connectivity index (χ4n) is 4.40. The molecule has 226 valence electrons. The summed E-state index contributed by atoms with van der Waals surface area (Å²) in [6.45, 7) is 0.803. The number of hydrogen-bond acceptors (Lipinski definition) is 7. The van der Waals surface area contributed by atoms with Crippen molar-refractivity contribution < 1.29 is 17.5 Å². The van der Waals surface area contributed by atoms with Gasteiger partial charge < -0.3 is 20.7 Å². The molecular weight excluding hydrogens is 621 g/mol. The van der Waals surface area contributed by atoms with Gasteiger partial charge in [-0.25, -0.2) is 22.8 Å². The minimum atomic E-state index is -3.27. The number of ether oxygens (including phenoxy) is 1. The molecule has 0 aliphatic carbocycles. The summed E-state index contributed by atoms with van der Waals surface area (Å²) in [6.07, 6.45) is 1.48. The lowest BCUT2D eigenvalue weighted by molar-refractivity contribution is 0.306. The Kier molecular flexibility index (Phi) is 10.2. The van der Waals surface area contributed by atoms with E-state index in [0.29, 0.717) is 39.5 Å². The first-order valence-corrected chi connectivity index (χ1v) is 16.3. The SMILES string of the molecule is O=S(=O)(CCNC(=S)NCc1ccc2ncnc(Nc3ccc(OCc4cccc(F)c4)c(Cl)c3)c2c1)Cc1ccccc1. The summed E-state index contributed by atoms with van der Waals surface area (Å²) in [4.78, 5) is 8.79. The van der Waals surface area contributed by atoms with E-state index in [0.717, 1.165) is 22.0 Å². The van der Waals surface area contributed by atoms with Crippen molar-refractivity contribution in [2.24, 2.45) is 0 Å². The molecule has 0 aliphatic rings. The minimum Gasteiger partial charge on any atom is -0.487 e. The Labute approximate surface area is 265 Å². The lowest BCUT2D eigenvalue weighted by atomic mass is 10.1. The molecule has 0 aliphatic heterocycles. The Balaban J connectivity index is 1.16. The van der Waals surface area contributed by atoms with E-state index in [1.165, 1.54) is 18.5 Å². The number of hydrogen-bond donors (Lipinski definition) is 3. The number of rotatable bonds is 12. The van der Waals surface area contributed by atoms with E-state index in [1.807, 2.05) is 42.5 Å². The number of anilines is 2. The van der Waals surface area contributed by atoms with Gasteiger partial charge >= 0.3 is 0 Å².